The SMILES string of the molecule is NCc1cc(Cl)c(C(F)F)c(I)n1. The fourth-order valence-electron chi connectivity index (χ4n) is 0.840. The van der Waals surface area contributed by atoms with Crippen LogP contribution in [-0.4, -0.2) is 4.98 Å². The number of rotatable bonds is 2. The molecule has 0 aliphatic rings. The van der Waals surface area contributed by atoms with Gasteiger partial charge in [-0.2, -0.15) is 0 Å². The van der Waals surface area contributed by atoms with Crippen molar-refractivity contribution in [2.24, 2.45) is 5.73 Å². The van der Waals surface area contributed by atoms with Gasteiger partial charge in [0.05, 0.1) is 16.3 Å². The number of halogens is 4. The summed E-state index contributed by atoms with van der Waals surface area (Å²) in [6.45, 7) is 0.194. The maximum atomic E-state index is 12.4. The Morgan fingerprint density at radius 3 is 2.62 bits per heavy atom. The molecule has 0 aromatic carbocycles. The minimum Gasteiger partial charge on any atom is -0.325 e. The van der Waals surface area contributed by atoms with Crippen LogP contribution in [0.15, 0.2) is 6.07 Å². The highest BCUT2D eigenvalue weighted by atomic mass is 127. The van der Waals surface area contributed by atoms with Crippen molar-refractivity contribution >= 4 is 34.2 Å². The van der Waals surface area contributed by atoms with Crippen molar-refractivity contribution in [3.8, 4) is 0 Å². The predicted molar refractivity (Wildman–Crippen MR) is 54.8 cm³/mol. The Morgan fingerprint density at radius 2 is 2.23 bits per heavy atom. The maximum Gasteiger partial charge on any atom is 0.267 e. The van der Waals surface area contributed by atoms with Crippen molar-refractivity contribution in [2.45, 2.75) is 13.0 Å². The number of hydrogen-bond donors (Lipinski definition) is 1. The number of alkyl halides is 2. The summed E-state index contributed by atoms with van der Waals surface area (Å²) in [4.78, 5) is 3.87. The lowest BCUT2D eigenvalue weighted by Crippen LogP contribution is -2.04. The van der Waals surface area contributed by atoms with Crippen LogP contribution in [-0.2, 0) is 6.54 Å². The summed E-state index contributed by atoms with van der Waals surface area (Å²) in [5, 5.41) is 0.0230. The molecule has 0 saturated heterocycles. The summed E-state index contributed by atoms with van der Waals surface area (Å²) in [5.41, 5.74) is 5.59. The molecule has 0 fully saturated rings. The molecule has 0 bridgehead atoms. The summed E-state index contributed by atoms with van der Waals surface area (Å²) in [5.74, 6) is 0. The quantitative estimate of drug-likeness (QED) is 0.673. The van der Waals surface area contributed by atoms with E-state index in [4.69, 9.17) is 17.3 Å². The first-order valence-corrected chi connectivity index (χ1v) is 4.85. The summed E-state index contributed by atoms with van der Waals surface area (Å²) in [6, 6.07) is 1.37. The Hall–Kier alpha value is -0.0100. The normalized spacial score (nSPS) is 10.9. The van der Waals surface area contributed by atoms with Crippen molar-refractivity contribution in [3.63, 3.8) is 0 Å². The van der Waals surface area contributed by atoms with Crippen LogP contribution in [0.1, 0.15) is 17.7 Å². The van der Waals surface area contributed by atoms with E-state index in [1.54, 1.807) is 22.6 Å². The molecule has 72 valence electrons. The van der Waals surface area contributed by atoms with Crippen LogP contribution < -0.4 is 5.73 Å². The van der Waals surface area contributed by atoms with Gasteiger partial charge in [-0.05, 0) is 28.7 Å². The Balaban J connectivity index is 3.23. The zero-order chi connectivity index (χ0) is 10.0. The molecule has 0 spiro atoms. The fourth-order valence-corrected chi connectivity index (χ4v) is 2.13. The number of pyridine rings is 1. The first-order chi connectivity index (χ1) is 6.06. The average molecular weight is 318 g/mol. The van der Waals surface area contributed by atoms with Crippen LogP contribution in [0.2, 0.25) is 5.02 Å². The highest BCUT2D eigenvalue weighted by Gasteiger charge is 2.17. The molecule has 1 aromatic rings. The molecular formula is C7H6ClF2IN2. The third-order valence-electron chi connectivity index (χ3n) is 1.44. The van der Waals surface area contributed by atoms with Gasteiger partial charge < -0.3 is 5.73 Å². The standard InChI is InChI=1S/C7H6ClF2IN2/c8-4-1-3(2-12)13-7(11)5(4)6(9)10/h1,6H,2,12H2. The summed E-state index contributed by atoms with van der Waals surface area (Å²) in [7, 11) is 0. The van der Waals surface area contributed by atoms with Gasteiger partial charge in [-0.15, -0.1) is 0 Å². The van der Waals surface area contributed by atoms with Crippen molar-refractivity contribution in [3.05, 3.63) is 26.0 Å². The fraction of sp³-hybridized carbons (Fsp3) is 0.286. The van der Waals surface area contributed by atoms with Gasteiger partial charge in [0.15, 0.2) is 0 Å². The van der Waals surface area contributed by atoms with Gasteiger partial charge in [-0.25, -0.2) is 13.8 Å². The Kier molecular flexibility index (Phi) is 3.81. The van der Waals surface area contributed by atoms with E-state index in [1.165, 1.54) is 6.07 Å². The zero-order valence-corrected chi connectivity index (χ0v) is 9.31. The van der Waals surface area contributed by atoms with Gasteiger partial charge in [-0.3, -0.25) is 0 Å². The first-order valence-electron chi connectivity index (χ1n) is 3.39. The number of nitrogens with two attached hydrogens (primary N) is 1. The van der Waals surface area contributed by atoms with Gasteiger partial charge in [0.25, 0.3) is 6.43 Å². The lowest BCUT2D eigenvalue weighted by molar-refractivity contribution is 0.150. The second-order valence-electron chi connectivity index (χ2n) is 2.30. The monoisotopic (exact) mass is 318 g/mol. The summed E-state index contributed by atoms with van der Waals surface area (Å²) in [6.07, 6.45) is -2.60. The van der Waals surface area contributed by atoms with Crippen molar-refractivity contribution in [1.82, 2.24) is 4.98 Å². The van der Waals surface area contributed by atoms with E-state index in [1.807, 2.05) is 0 Å². The number of nitrogens with zero attached hydrogens (tertiary/aromatic N) is 1. The van der Waals surface area contributed by atoms with Gasteiger partial charge in [0, 0.05) is 6.54 Å². The van der Waals surface area contributed by atoms with E-state index >= 15 is 0 Å². The average Bonchev–Trinajstić information content (AvgIpc) is 2.02. The summed E-state index contributed by atoms with van der Waals surface area (Å²) < 4.78 is 24.9. The molecule has 1 rings (SSSR count). The van der Waals surface area contributed by atoms with Crippen LogP contribution in [0, 0.1) is 3.70 Å². The molecule has 1 aromatic heterocycles. The Labute approximate surface area is 92.6 Å². The molecule has 0 atom stereocenters. The molecule has 2 N–H and O–H groups in total. The van der Waals surface area contributed by atoms with Crippen LogP contribution in [0.4, 0.5) is 8.78 Å². The smallest absolute Gasteiger partial charge is 0.267 e. The second-order valence-corrected chi connectivity index (χ2v) is 3.73. The van der Waals surface area contributed by atoms with E-state index in [2.05, 4.69) is 4.98 Å². The van der Waals surface area contributed by atoms with Crippen molar-refractivity contribution in [1.29, 1.82) is 0 Å². The van der Waals surface area contributed by atoms with Crippen LogP contribution in [0.5, 0.6) is 0 Å². The van der Waals surface area contributed by atoms with Crippen LogP contribution in [0.3, 0.4) is 0 Å². The molecule has 0 aliphatic carbocycles. The zero-order valence-electron chi connectivity index (χ0n) is 6.40. The van der Waals surface area contributed by atoms with Crippen LogP contribution >= 0.6 is 34.2 Å². The molecule has 13 heavy (non-hydrogen) atoms. The molecule has 0 saturated carbocycles. The third-order valence-corrected chi connectivity index (χ3v) is 2.58. The Bertz CT molecular complexity index is 296. The number of aromatic nitrogens is 1. The molecule has 0 unspecified atom stereocenters. The van der Waals surface area contributed by atoms with E-state index in [0.717, 1.165) is 0 Å². The van der Waals surface area contributed by atoms with Gasteiger partial charge in [0.2, 0.25) is 0 Å². The van der Waals surface area contributed by atoms with Crippen molar-refractivity contribution < 1.29 is 8.78 Å². The van der Waals surface area contributed by atoms with Crippen molar-refractivity contribution in [2.75, 3.05) is 0 Å². The summed E-state index contributed by atoms with van der Waals surface area (Å²) >= 11 is 7.35. The molecule has 2 nitrogen and oxygen atoms in total. The number of hydrogen-bond acceptors (Lipinski definition) is 2. The lowest BCUT2D eigenvalue weighted by Gasteiger charge is -2.06. The van der Waals surface area contributed by atoms with Gasteiger partial charge in [0.1, 0.15) is 3.70 Å². The second kappa shape index (κ2) is 4.47. The Morgan fingerprint density at radius 1 is 1.62 bits per heavy atom. The van der Waals surface area contributed by atoms with Crippen LogP contribution in [0.25, 0.3) is 0 Å². The van der Waals surface area contributed by atoms with E-state index in [0.29, 0.717) is 5.69 Å². The lowest BCUT2D eigenvalue weighted by atomic mass is 10.2. The minimum atomic E-state index is -2.60. The van der Waals surface area contributed by atoms with E-state index in [9.17, 15) is 8.78 Å². The van der Waals surface area contributed by atoms with Gasteiger partial charge >= 0.3 is 0 Å². The molecule has 1 heterocycles. The molecular weight excluding hydrogens is 312 g/mol. The predicted octanol–water partition coefficient (Wildman–Crippen LogP) is 2.74. The van der Waals surface area contributed by atoms with E-state index in [-0.39, 0.29) is 20.8 Å². The molecule has 0 amide bonds. The molecule has 6 heteroatoms. The largest absolute Gasteiger partial charge is 0.325 e. The molecule has 0 radical (unpaired) electrons. The molecule has 0 aliphatic heterocycles. The highest BCUT2D eigenvalue weighted by molar-refractivity contribution is 14.1. The maximum absolute atomic E-state index is 12.4. The third kappa shape index (κ3) is 2.47. The van der Waals surface area contributed by atoms with Gasteiger partial charge in [-0.1, -0.05) is 11.6 Å². The topological polar surface area (TPSA) is 38.9 Å². The first kappa shape index (κ1) is 11.1. The highest BCUT2D eigenvalue weighted by Crippen LogP contribution is 2.30. The van der Waals surface area contributed by atoms with E-state index < -0.39 is 6.43 Å². The minimum absolute atomic E-state index is 0.0230.